The molecular formula is C24H18. The quantitative estimate of drug-likeness (QED) is 0.544. The van der Waals surface area contributed by atoms with Gasteiger partial charge in [0.15, 0.2) is 0 Å². The van der Waals surface area contributed by atoms with Gasteiger partial charge in [0, 0.05) is 11.8 Å². The van der Waals surface area contributed by atoms with Crippen LogP contribution in [0.15, 0.2) is 84.9 Å². The molecule has 3 aromatic rings. The predicted molar refractivity (Wildman–Crippen MR) is 101 cm³/mol. The summed E-state index contributed by atoms with van der Waals surface area (Å²) in [5, 5.41) is 0. The van der Waals surface area contributed by atoms with Crippen LogP contribution in [0.3, 0.4) is 0 Å². The van der Waals surface area contributed by atoms with E-state index in [2.05, 4.69) is 97.1 Å². The minimum absolute atomic E-state index is 0.360. The second-order valence-corrected chi connectivity index (χ2v) is 6.56. The smallest absolute Gasteiger partial charge is 0.0281 e. The van der Waals surface area contributed by atoms with E-state index in [4.69, 9.17) is 0 Å². The molecule has 3 aromatic carbocycles. The number of hydrogen-bond donors (Lipinski definition) is 0. The van der Waals surface area contributed by atoms with Crippen molar-refractivity contribution in [2.24, 2.45) is 0 Å². The largest absolute Gasteiger partial charge is 0.0720 e. The molecule has 0 N–H and O–H groups in total. The first-order valence-corrected chi connectivity index (χ1v) is 8.55. The minimum Gasteiger partial charge on any atom is -0.0720 e. The van der Waals surface area contributed by atoms with Gasteiger partial charge in [-0.15, -0.1) is 0 Å². The first-order valence-electron chi connectivity index (χ1n) is 8.55. The summed E-state index contributed by atoms with van der Waals surface area (Å²) < 4.78 is 0. The highest BCUT2D eigenvalue weighted by atomic mass is 14.3. The van der Waals surface area contributed by atoms with Crippen molar-refractivity contribution >= 4 is 12.2 Å². The van der Waals surface area contributed by atoms with Crippen LogP contribution in [0.5, 0.6) is 0 Å². The number of allylic oxidation sites excluding steroid dienone is 2. The van der Waals surface area contributed by atoms with Gasteiger partial charge in [-0.1, -0.05) is 97.1 Å². The second kappa shape index (κ2) is 5.35. The number of hydrogen-bond acceptors (Lipinski definition) is 0. The molecule has 0 saturated carbocycles. The van der Waals surface area contributed by atoms with Crippen LogP contribution in [0.2, 0.25) is 0 Å². The zero-order chi connectivity index (χ0) is 15.9. The predicted octanol–water partition coefficient (Wildman–Crippen LogP) is 6.00. The van der Waals surface area contributed by atoms with E-state index < -0.39 is 0 Å². The van der Waals surface area contributed by atoms with Crippen LogP contribution in [0.1, 0.15) is 45.2 Å². The van der Waals surface area contributed by atoms with Crippen LogP contribution < -0.4 is 0 Å². The van der Waals surface area contributed by atoms with Crippen molar-refractivity contribution in [3.05, 3.63) is 118 Å². The summed E-state index contributed by atoms with van der Waals surface area (Å²) in [7, 11) is 0. The van der Waals surface area contributed by atoms with Crippen LogP contribution in [0, 0.1) is 0 Å². The highest BCUT2D eigenvalue weighted by Crippen LogP contribution is 2.42. The van der Waals surface area contributed by atoms with Gasteiger partial charge in [0.05, 0.1) is 0 Å². The third-order valence-corrected chi connectivity index (χ3v) is 5.26. The first-order chi connectivity index (χ1) is 11.9. The molecule has 2 unspecified atom stereocenters. The molecule has 24 heavy (non-hydrogen) atoms. The Morgan fingerprint density at radius 3 is 1.25 bits per heavy atom. The summed E-state index contributed by atoms with van der Waals surface area (Å²) in [4.78, 5) is 0. The maximum atomic E-state index is 2.34. The first kappa shape index (κ1) is 13.6. The van der Waals surface area contributed by atoms with E-state index in [1.54, 1.807) is 0 Å². The summed E-state index contributed by atoms with van der Waals surface area (Å²) in [5.41, 5.74) is 8.37. The van der Waals surface area contributed by atoms with E-state index in [1.165, 1.54) is 33.4 Å². The van der Waals surface area contributed by atoms with Gasteiger partial charge >= 0.3 is 0 Å². The molecule has 2 aliphatic carbocycles. The molecule has 0 bridgehead atoms. The molecule has 0 aromatic heterocycles. The van der Waals surface area contributed by atoms with Gasteiger partial charge in [-0.25, -0.2) is 0 Å². The fraction of sp³-hybridized carbons (Fsp3) is 0.0833. The van der Waals surface area contributed by atoms with Crippen LogP contribution in [0.25, 0.3) is 12.2 Å². The lowest BCUT2D eigenvalue weighted by atomic mass is 9.83. The van der Waals surface area contributed by atoms with Gasteiger partial charge in [-0.05, 0) is 33.4 Å². The van der Waals surface area contributed by atoms with Gasteiger partial charge in [-0.3, -0.25) is 0 Å². The highest BCUT2D eigenvalue weighted by molar-refractivity contribution is 5.69. The van der Waals surface area contributed by atoms with E-state index in [-0.39, 0.29) is 0 Å². The lowest BCUT2D eigenvalue weighted by Gasteiger charge is -2.20. The summed E-state index contributed by atoms with van der Waals surface area (Å²) in [6.45, 7) is 0. The third-order valence-electron chi connectivity index (χ3n) is 5.26. The maximum absolute atomic E-state index is 2.34. The fourth-order valence-electron chi connectivity index (χ4n) is 4.12. The normalized spacial score (nSPS) is 20.2. The molecule has 5 rings (SSSR count). The van der Waals surface area contributed by atoms with Crippen molar-refractivity contribution in [3.63, 3.8) is 0 Å². The molecule has 0 fully saturated rings. The summed E-state index contributed by atoms with van der Waals surface area (Å²) in [6, 6.07) is 26.4. The molecule has 2 atom stereocenters. The van der Waals surface area contributed by atoms with E-state index in [1.807, 2.05) is 0 Å². The Hall–Kier alpha value is -2.86. The van der Waals surface area contributed by atoms with Crippen LogP contribution in [-0.2, 0) is 0 Å². The van der Waals surface area contributed by atoms with E-state index in [0.29, 0.717) is 11.8 Å². The molecule has 0 heterocycles. The lowest BCUT2D eigenvalue weighted by Crippen LogP contribution is -2.05. The standard InChI is InChI=1S/C24H18/c1-3-9-19-17(7-1)13-15-23(19)21-11-5-6-12-22(21)24-16-14-18-8-2-4-10-20(18)24/h1-16,23-24H. The molecule has 2 aliphatic rings. The summed E-state index contributed by atoms with van der Waals surface area (Å²) in [6.07, 6.45) is 9.20. The molecule has 0 aliphatic heterocycles. The molecule has 0 amide bonds. The average molecular weight is 306 g/mol. The molecule has 0 radical (unpaired) electrons. The molecular weight excluding hydrogens is 288 g/mol. The van der Waals surface area contributed by atoms with Gasteiger partial charge in [0.2, 0.25) is 0 Å². The lowest BCUT2D eigenvalue weighted by molar-refractivity contribution is 0.956. The molecule has 0 nitrogen and oxygen atoms in total. The Bertz CT molecular complexity index is 894. The van der Waals surface area contributed by atoms with Gasteiger partial charge in [0.25, 0.3) is 0 Å². The van der Waals surface area contributed by atoms with Crippen molar-refractivity contribution in [1.29, 1.82) is 0 Å². The molecule has 0 spiro atoms. The number of fused-ring (bicyclic) bond motifs is 2. The Morgan fingerprint density at radius 1 is 0.417 bits per heavy atom. The van der Waals surface area contributed by atoms with Crippen molar-refractivity contribution < 1.29 is 0 Å². The van der Waals surface area contributed by atoms with Crippen molar-refractivity contribution in [3.8, 4) is 0 Å². The average Bonchev–Trinajstić information content (AvgIpc) is 3.26. The second-order valence-electron chi connectivity index (χ2n) is 6.56. The Morgan fingerprint density at radius 2 is 0.792 bits per heavy atom. The number of benzene rings is 3. The molecule has 114 valence electrons. The van der Waals surface area contributed by atoms with E-state index in [9.17, 15) is 0 Å². The van der Waals surface area contributed by atoms with Crippen molar-refractivity contribution in [2.45, 2.75) is 11.8 Å². The SMILES string of the molecule is C1=CC(c2ccccc2C2C=Cc3ccccc32)c2ccccc21. The highest BCUT2D eigenvalue weighted by Gasteiger charge is 2.26. The Kier molecular flexibility index (Phi) is 3.02. The van der Waals surface area contributed by atoms with E-state index >= 15 is 0 Å². The minimum atomic E-state index is 0.360. The van der Waals surface area contributed by atoms with Crippen LogP contribution in [-0.4, -0.2) is 0 Å². The molecule has 0 heteroatoms. The zero-order valence-electron chi connectivity index (χ0n) is 13.4. The van der Waals surface area contributed by atoms with E-state index in [0.717, 1.165) is 0 Å². The molecule has 0 saturated heterocycles. The third kappa shape index (κ3) is 2.00. The zero-order valence-corrected chi connectivity index (χ0v) is 13.4. The van der Waals surface area contributed by atoms with Gasteiger partial charge < -0.3 is 0 Å². The monoisotopic (exact) mass is 306 g/mol. The topological polar surface area (TPSA) is 0 Å². The summed E-state index contributed by atoms with van der Waals surface area (Å²) in [5.74, 6) is 0.720. The van der Waals surface area contributed by atoms with Crippen LogP contribution in [0.4, 0.5) is 0 Å². The number of rotatable bonds is 2. The fourth-order valence-corrected chi connectivity index (χ4v) is 4.12. The van der Waals surface area contributed by atoms with Crippen molar-refractivity contribution in [1.82, 2.24) is 0 Å². The Balaban J connectivity index is 1.64. The van der Waals surface area contributed by atoms with Crippen LogP contribution >= 0.6 is 0 Å². The Labute approximate surface area is 142 Å². The van der Waals surface area contributed by atoms with Gasteiger partial charge in [-0.2, -0.15) is 0 Å². The maximum Gasteiger partial charge on any atom is 0.0281 e. The van der Waals surface area contributed by atoms with Gasteiger partial charge in [0.1, 0.15) is 0 Å². The van der Waals surface area contributed by atoms with Crippen molar-refractivity contribution in [2.75, 3.05) is 0 Å². The summed E-state index contributed by atoms with van der Waals surface area (Å²) >= 11 is 0.